The van der Waals surface area contributed by atoms with Gasteiger partial charge in [-0.3, -0.25) is 0 Å². The summed E-state index contributed by atoms with van der Waals surface area (Å²) in [4.78, 5) is 0. The second-order valence-corrected chi connectivity index (χ2v) is 3.82. The number of rotatable bonds is 1. The molecule has 0 amide bonds. The maximum absolute atomic E-state index is 9.63. The summed E-state index contributed by atoms with van der Waals surface area (Å²) in [6.07, 6.45) is 0.453. The first-order valence-corrected chi connectivity index (χ1v) is 4.13. The molecule has 1 aliphatic rings. The first-order chi connectivity index (χ1) is 5.02. The normalized spacial score (nSPS) is 33.8. The lowest BCUT2D eigenvalue weighted by atomic mass is 9.82. The fraction of sp³-hybridized carbons (Fsp3) is 1.00. The second-order valence-electron chi connectivity index (χ2n) is 3.82. The zero-order valence-corrected chi connectivity index (χ0v) is 7.17. The molecule has 0 aromatic rings. The van der Waals surface area contributed by atoms with Gasteiger partial charge in [-0.05, 0) is 26.8 Å². The Labute approximate surface area is 67.4 Å². The van der Waals surface area contributed by atoms with Crippen LogP contribution in [0.5, 0.6) is 0 Å². The van der Waals surface area contributed by atoms with Gasteiger partial charge in [0, 0.05) is 12.5 Å². The minimum absolute atomic E-state index is 0.0174. The van der Waals surface area contributed by atoms with Gasteiger partial charge in [0.2, 0.25) is 0 Å². The molecule has 1 rings (SSSR count). The van der Waals surface area contributed by atoms with Crippen molar-refractivity contribution in [1.82, 2.24) is 5.32 Å². The smallest absolute Gasteiger partial charge is 0.0720 e. The SMILES string of the molecule is CC(C)(O)C1CCNCC1O. The lowest BCUT2D eigenvalue weighted by Crippen LogP contribution is -2.49. The van der Waals surface area contributed by atoms with Crippen molar-refractivity contribution in [2.75, 3.05) is 13.1 Å². The Balaban J connectivity index is 2.55. The van der Waals surface area contributed by atoms with Crippen molar-refractivity contribution in [3.8, 4) is 0 Å². The van der Waals surface area contributed by atoms with E-state index in [1.54, 1.807) is 13.8 Å². The summed E-state index contributed by atoms with van der Waals surface area (Å²) < 4.78 is 0. The van der Waals surface area contributed by atoms with E-state index in [4.69, 9.17) is 0 Å². The van der Waals surface area contributed by atoms with Crippen LogP contribution in [0, 0.1) is 5.92 Å². The van der Waals surface area contributed by atoms with E-state index in [1.807, 2.05) is 0 Å². The minimum atomic E-state index is -0.748. The third-order valence-corrected chi connectivity index (χ3v) is 2.36. The summed E-state index contributed by atoms with van der Waals surface area (Å²) in [5.74, 6) is 0.0174. The number of β-amino-alcohol motifs (C(OH)–C–C–N with tert-alkyl or cyclic N) is 1. The Morgan fingerprint density at radius 3 is 2.45 bits per heavy atom. The zero-order valence-electron chi connectivity index (χ0n) is 7.17. The lowest BCUT2D eigenvalue weighted by molar-refractivity contribution is -0.0587. The van der Waals surface area contributed by atoms with Gasteiger partial charge in [0.05, 0.1) is 11.7 Å². The number of piperidine rings is 1. The van der Waals surface area contributed by atoms with Crippen LogP contribution in [0.15, 0.2) is 0 Å². The maximum Gasteiger partial charge on any atom is 0.0720 e. The Morgan fingerprint density at radius 1 is 1.45 bits per heavy atom. The Kier molecular flexibility index (Phi) is 2.52. The van der Waals surface area contributed by atoms with Crippen LogP contribution in [0.4, 0.5) is 0 Å². The Hall–Kier alpha value is -0.120. The van der Waals surface area contributed by atoms with E-state index in [9.17, 15) is 10.2 Å². The predicted octanol–water partition coefficient (Wildman–Crippen LogP) is -0.272. The van der Waals surface area contributed by atoms with Crippen molar-refractivity contribution < 1.29 is 10.2 Å². The number of aliphatic hydroxyl groups is 2. The van der Waals surface area contributed by atoms with Crippen molar-refractivity contribution in [2.24, 2.45) is 5.92 Å². The van der Waals surface area contributed by atoms with Gasteiger partial charge in [0.15, 0.2) is 0 Å². The molecule has 1 saturated heterocycles. The number of nitrogens with one attached hydrogen (secondary N) is 1. The molecule has 0 bridgehead atoms. The molecule has 0 saturated carbocycles. The van der Waals surface area contributed by atoms with Crippen molar-refractivity contribution >= 4 is 0 Å². The molecule has 1 fully saturated rings. The molecule has 2 unspecified atom stereocenters. The van der Waals surface area contributed by atoms with E-state index in [2.05, 4.69) is 5.32 Å². The number of hydrogen-bond donors (Lipinski definition) is 3. The monoisotopic (exact) mass is 159 g/mol. The van der Waals surface area contributed by atoms with Crippen LogP contribution in [0.3, 0.4) is 0 Å². The van der Waals surface area contributed by atoms with Gasteiger partial charge >= 0.3 is 0 Å². The van der Waals surface area contributed by atoms with E-state index in [1.165, 1.54) is 0 Å². The molecule has 3 nitrogen and oxygen atoms in total. The second kappa shape index (κ2) is 3.09. The van der Waals surface area contributed by atoms with Crippen LogP contribution >= 0.6 is 0 Å². The van der Waals surface area contributed by atoms with Gasteiger partial charge in [0.1, 0.15) is 0 Å². The van der Waals surface area contributed by atoms with E-state index in [0.29, 0.717) is 6.54 Å². The van der Waals surface area contributed by atoms with Crippen molar-refractivity contribution in [2.45, 2.75) is 32.0 Å². The quantitative estimate of drug-likeness (QED) is 0.493. The molecule has 11 heavy (non-hydrogen) atoms. The van der Waals surface area contributed by atoms with Crippen LogP contribution in [-0.2, 0) is 0 Å². The molecule has 1 heterocycles. The minimum Gasteiger partial charge on any atom is -0.391 e. The summed E-state index contributed by atoms with van der Waals surface area (Å²) >= 11 is 0. The number of hydrogen-bond acceptors (Lipinski definition) is 3. The zero-order chi connectivity index (χ0) is 8.48. The van der Waals surface area contributed by atoms with E-state index >= 15 is 0 Å². The summed E-state index contributed by atoms with van der Waals surface area (Å²) in [6, 6.07) is 0. The third kappa shape index (κ3) is 2.15. The highest BCUT2D eigenvalue weighted by Gasteiger charge is 2.34. The average Bonchev–Trinajstić information content (AvgIpc) is 1.86. The molecule has 3 heteroatoms. The molecule has 2 atom stereocenters. The van der Waals surface area contributed by atoms with Crippen LogP contribution in [0.2, 0.25) is 0 Å². The largest absolute Gasteiger partial charge is 0.391 e. The highest BCUT2D eigenvalue weighted by Crippen LogP contribution is 2.25. The standard InChI is InChI=1S/C8H17NO2/c1-8(2,11)6-3-4-9-5-7(6)10/h6-7,9-11H,3-5H2,1-2H3. The Bertz CT molecular complexity index is 131. The highest BCUT2D eigenvalue weighted by molar-refractivity contribution is 4.87. The molecule has 1 aliphatic heterocycles. The van der Waals surface area contributed by atoms with Crippen molar-refractivity contribution in [1.29, 1.82) is 0 Å². The van der Waals surface area contributed by atoms with E-state index < -0.39 is 11.7 Å². The first-order valence-electron chi connectivity index (χ1n) is 4.13. The predicted molar refractivity (Wildman–Crippen MR) is 43.3 cm³/mol. The fourth-order valence-corrected chi connectivity index (χ4v) is 1.67. The number of aliphatic hydroxyl groups excluding tert-OH is 1. The van der Waals surface area contributed by atoms with Crippen LogP contribution in [0.25, 0.3) is 0 Å². The van der Waals surface area contributed by atoms with E-state index in [0.717, 1.165) is 13.0 Å². The van der Waals surface area contributed by atoms with Gasteiger partial charge in [-0.2, -0.15) is 0 Å². The fourth-order valence-electron chi connectivity index (χ4n) is 1.67. The van der Waals surface area contributed by atoms with Crippen LogP contribution in [-0.4, -0.2) is 35.0 Å². The summed E-state index contributed by atoms with van der Waals surface area (Å²) in [5, 5.41) is 22.2. The van der Waals surface area contributed by atoms with Crippen LogP contribution < -0.4 is 5.32 Å². The summed E-state index contributed by atoms with van der Waals surface area (Å²) in [7, 11) is 0. The van der Waals surface area contributed by atoms with Gasteiger partial charge in [0.25, 0.3) is 0 Å². The molecular weight excluding hydrogens is 142 g/mol. The maximum atomic E-state index is 9.63. The molecule has 66 valence electrons. The molecule has 0 radical (unpaired) electrons. The summed E-state index contributed by atoms with van der Waals surface area (Å²) in [5.41, 5.74) is -0.748. The molecule has 0 spiro atoms. The van der Waals surface area contributed by atoms with Gasteiger partial charge < -0.3 is 15.5 Å². The first kappa shape index (κ1) is 8.97. The Morgan fingerprint density at radius 2 is 2.09 bits per heavy atom. The molecule has 0 aromatic heterocycles. The van der Waals surface area contributed by atoms with Gasteiger partial charge in [-0.15, -0.1) is 0 Å². The van der Waals surface area contributed by atoms with Gasteiger partial charge in [-0.25, -0.2) is 0 Å². The summed E-state index contributed by atoms with van der Waals surface area (Å²) in [6.45, 7) is 5.01. The lowest BCUT2D eigenvalue weighted by Gasteiger charge is -2.36. The molecule has 0 aromatic carbocycles. The van der Waals surface area contributed by atoms with Crippen LogP contribution in [0.1, 0.15) is 20.3 Å². The van der Waals surface area contributed by atoms with E-state index in [-0.39, 0.29) is 5.92 Å². The highest BCUT2D eigenvalue weighted by atomic mass is 16.3. The van der Waals surface area contributed by atoms with Crippen molar-refractivity contribution in [3.63, 3.8) is 0 Å². The molecular formula is C8H17NO2. The van der Waals surface area contributed by atoms with Crippen molar-refractivity contribution in [3.05, 3.63) is 0 Å². The molecule has 0 aliphatic carbocycles. The molecule has 3 N–H and O–H groups in total. The average molecular weight is 159 g/mol. The third-order valence-electron chi connectivity index (χ3n) is 2.36. The topological polar surface area (TPSA) is 52.5 Å². The van der Waals surface area contributed by atoms with Gasteiger partial charge in [-0.1, -0.05) is 0 Å².